The summed E-state index contributed by atoms with van der Waals surface area (Å²) in [7, 11) is 0. The van der Waals surface area contributed by atoms with Crippen LogP contribution in [0.5, 0.6) is 0 Å². The maximum Gasteiger partial charge on any atom is 0.138 e. The first-order valence-corrected chi connectivity index (χ1v) is 5.28. The Hall–Kier alpha value is -0.370. The lowest BCUT2D eigenvalue weighted by molar-refractivity contribution is -0.127. The monoisotopic (exact) mass is 185 g/mol. The van der Waals surface area contributed by atoms with E-state index in [2.05, 4.69) is 6.92 Å². The van der Waals surface area contributed by atoms with Crippen molar-refractivity contribution in [3.05, 3.63) is 0 Å². The molecule has 0 spiro atoms. The number of rotatable bonds is 7. The molecule has 2 N–H and O–H groups in total. The van der Waals surface area contributed by atoms with Gasteiger partial charge in [-0.1, -0.05) is 27.2 Å². The van der Waals surface area contributed by atoms with Crippen LogP contribution >= 0.6 is 0 Å². The Morgan fingerprint density at radius 1 is 1.23 bits per heavy atom. The van der Waals surface area contributed by atoms with E-state index in [0.717, 1.165) is 38.6 Å². The molecule has 0 amide bonds. The van der Waals surface area contributed by atoms with Crippen LogP contribution in [0, 0.1) is 5.41 Å². The van der Waals surface area contributed by atoms with Gasteiger partial charge in [0.15, 0.2) is 0 Å². The molecule has 0 aromatic rings. The summed E-state index contributed by atoms with van der Waals surface area (Å²) >= 11 is 0. The van der Waals surface area contributed by atoms with Crippen molar-refractivity contribution in [2.75, 3.05) is 6.54 Å². The molecule has 0 atom stereocenters. The molecule has 2 heteroatoms. The Balaban J connectivity index is 3.62. The van der Waals surface area contributed by atoms with Gasteiger partial charge in [0.25, 0.3) is 0 Å². The highest BCUT2D eigenvalue weighted by Crippen LogP contribution is 2.23. The van der Waals surface area contributed by atoms with Gasteiger partial charge in [0.05, 0.1) is 0 Å². The minimum atomic E-state index is -0.122. The van der Waals surface area contributed by atoms with E-state index in [-0.39, 0.29) is 5.41 Å². The van der Waals surface area contributed by atoms with Crippen LogP contribution in [0.2, 0.25) is 0 Å². The predicted molar refractivity (Wildman–Crippen MR) is 56.6 cm³/mol. The predicted octanol–water partition coefficient (Wildman–Crippen LogP) is 2.51. The largest absolute Gasteiger partial charge is 0.330 e. The first kappa shape index (κ1) is 12.6. The third kappa shape index (κ3) is 5.04. The van der Waals surface area contributed by atoms with E-state index in [1.165, 1.54) is 0 Å². The van der Waals surface area contributed by atoms with Crippen molar-refractivity contribution in [2.24, 2.45) is 11.1 Å². The van der Waals surface area contributed by atoms with E-state index in [4.69, 9.17) is 5.73 Å². The number of hydrogen-bond donors (Lipinski definition) is 1. The highest BCUT2D eigenvalue weighted by molar-refractivity contribution is 5.83. The Kier molecular flexibility index (Phi) is 5.97. The van der Waals surface area contributed by atoms with Gasteiger partial charge in [-0.15, -0.1) is 0 Å². The number of Topliss-reactive ketones (excluding diaryl/α,β-unsaturated/α-hetero) is 1. The molecule has 2 nitrogen and oxygen atoms in total. The highest BCUT2D eigenvalue weighted by atomic mass is 16.1. The van der Waals surface area contributed by atoms with Crippen molar-refractivity contribution < 1.29 is 4.79 Å². The van der Waals surface area contributed by atoms with Gasteiger partial charge in [0.2, 0.25) is 0 Å². The van der Waals surface area contributed by atoms with Crippen LogP contribution in [0.3, 0.4) is 0 Å². The minimum absolute atomic E-state index is 0.122. The fraction of sp³-hybridized carbons (Fsp3) is 0.909. The van der Waals surface area contributed by atoms with Crippen molar-refractivity contribution in [3.8, 4) is 0 Å². The zero-order chi connectivity index (χ0) is 10.3. The maximum absolute atomic E-state index is 11.6. The molecule has 0 radical (unpaired) electrons. The van der Waals surface area contributed by atoms with Crippen LogP contribution < -0.4 is 5.73 Å². The first-order valence-electron chi connectivity index (χ1n) is 5.28. The van der Waals surface area contributed by atoms with Crippen LogP contribution in [0.4, 0.5) is 0 Å². The Morgan fingerprint density at radius 3 is 2.31 bits per heavy atom. The molecule has 0 aliphatic rings. The summed E-state index contributed by atoms with van der Waals surface area (Å²) in [6.45, 7) is 6.86. The average Bonchev–Trinajstić information content (AvgIpc) is 2.12. The summed E-state index contributed by atoms with van der Waals surface area (Å²) in [5.41, 5.74) is 5.25. The van der Waals surface area contributed by atoms with Crippen LogP contribution in [0.1, 0.15) is 52.9 Å². The number of hydrogen-bond acceptors (Lipinski definition) is 2. The van der Waals surface area contributed by atoms with Gasteiger partial charge in [-0.05, 0) is 25.8 Å². The van der Waals surface area contributed by atoms with E-state index < -0.39 is 0 Å². The molecule has 0 aromatic heterocycles. The Morgan fingerprint density at radius 2 is 1.85 bits per heavy atom. The van der Waals surface area contributed by atoms with E-state index in [0.29, 0.717) is 5.78 Å². The summed E-state index contributed by atoms with van der Waals surface area (Å²) in [6.07, 6.45) is 4.78. The van der Waals surface area contributed by atoms with Crippen molar-refractivity contribution in [1.29, 1.82) is 0 Å². The normalized spacial score (nSPS) is 11.7. The van der Waals surface area contributed by atoms with Gasteiger partial charge < -0.3 is 5.73 Å². The molecule has 0 saturated carbocycles. The lowest BCUT2D eigenvalue weighted by Gasteiger charge is -2.20. The molecule has 0 bridgehead atoms. The molecule has 0 aliphatic heterocycles. The average molecular weight is 185 g/mol. The molecule has 0 heterocycles. The standard InChI is InChI=1S/C11H23NO/c1-4-11(2,3)10(13)8-6-5-7-9-12/h4-9,12H2,1-3H3. The van der Waals surface area contributed by atoms with Crippen LogP contribution in [0.15, 0.2) is 0 Å². The summed E-state index contributed by atoms with van der Waals surface area (Å²) in [5, 5.41) is 0. The smallest absolute Gasteiger partial charge is 0.138 e. The van der Waals surface area contributed by atoms with Crippen molar-refractivity contribution in [2.45, 2.75) is 52.9 Å². The van der Waals surface area contributed by atoms with Gasteiger partial charge in [-0.2, -0.15) is 0 Å². The van der Waals surface area contributed by atoms with E-state index in [9.17, 15) is 4.79 Å². The second kappa shape index (κ2) is 6.14. The Labute approximate surface area is 81.9 Å². The molecule has 0 aliphatic carbocycles. The lowest BCUT2D eigenvalue weighted by atomic mass is 9.83. The number of unbranched alkanes of at least 4 members (excludes halogenated alkanes) is 2. The summed E-state index contributed by atoms with van der Waals surface area (Å²) in [4.78, 5) is 11.6. The molecule has 13 heavy (non-hydrogen) atoms. The van der Waals surface area contributed by atoms with Gasteiger partial charge >= 0.3 is 0 Å². The zero-order valence-electron chi connectivity index (χ0n) is 9.23. The molecule has 0 unspecified atom stereocenters. The zero-order valence-corrected chi connectivity index (χ0v) is 9.23. The third-order valence-electron chi connectivity index (χ3n) is 2.75. The number of ketones is 1. The van der Waals surface area contributed by atoms with E-state index in [1.807, 2.05) is 13.8 Å². The first-order chi connectivity index (χ1) is 6.04. The van der Waals surface area contributed by atoms with Crippen molar-refractivity contribution in [1.82, 2.24) is 0 Å². The SMILES string of the molecule is CCC(C)(C)C(=O)CCCCCN. The van der Waals surface area contributed by atoms with E-state index in [1.54, 1.807) is 0 Å². The highest BCUT2D eigenvalue weighted by Gasteiger charge is 2.23. The lowest BCUT2D eigenvalue weighted by Crippen LogP contribution is -2.22. The van der Waals surface area contributed by atoms with Gasteiger partial charge in [-0.3, -0.25) is 4.79 Å². The number of carbonyl (C=O) groups excluding carboxylic acids is 1. The fourth-order valence-corrected chi connectivity index (χ4v) is 1.14. The van der Waals surface area contributed by atoms with Crippen molar-refractivity contribution >= 4 is 5.78 Å². The third-order valence-corrected chi connectivity index (χ3v) is 2.75. The van der Waals surface area contributed by atoms with Crippen molar-refractivity contribution in [3.63, 3.8) is 0 Å². The molecule has 0 aromatic carbocycles. The number of nitrogens with two attached hydrogens (primary N) is 1. The summed E-state index contributed by atoms with van der Waals surface area (Å²) in [6, 6.07) is 0. The molecule has 0 saturated heterocycles. The van der Waals surface area contributed by atoms with Crippen LogP contribution in [-0.2, 0) is 4.79 Å². The van der Waals surface area contributed by atoms with Crippen LogP contribution in [-0.4, -0.2) is 12.3 Å². The topological polar surface area (TPSA) is 43.1 Å². The van der Waals surface area contributed by atoms with E-state index >= 15 is 0 Å². The molecule has 78 valence electrons. The summed E-state index contributed by atoms with van der Waals surface area (Å²) in [5.74, 6) is 0.395. The van der Waals surface area contributed by atoms with Gasteiger partial charge in [-0.25, -0.2) is 0 Å². The minimum Gasteiger partial charge on any atom is -0.330 e. The fourth-order valence-electron chi connectivity index (χ4n) is 1.14. The number of carbonyl (C=O) groups is 1. The Bertz CT molecular complexity index is 152. The van der Waals surface area contributed by atoms with Gasteiger partial charge in [0, 0.05) is 11.8 Å². The molecular weight excluding hydrogens is 162 g/mol. The maximum atomic E-state index is 11.6. The second-order valence-corrected chi connectivity index (χ2v) is 4.26. The summed E-state index contributed by atoms with van der Waals surface area (Å²) < 4.78 is 0. The quantitative estimate of drug-likeness (QED) is 0.619. The molecule has 0 fully saturated rings. The molecular formula is C11H23NO. The van der Waals surface area contributed by atoms with Gasteiger partial charge in [0.1, 0.15) is 5.78 Å². The van der Waals surface area contributed by atoms with Crippen LogP contribution in [0.25, 0.3) is 0 Å². The molecule has 0 rings (SSSR count). The second-order valence-electron chi connectivity index (χ2n) is 4.26.